The Balaban J connectivity index is 1.68. The average Bonchev–Trinajstić information content (AvgIpc) is 3.08. The van der Waals surface area contributed by atoms with Crippen LogP contribution in [-0.2, 0) is 6.54 Å². The summed E-state index contributed by atoms with van der Waals surface area (Å²) in [5.41, 5.74) is 3.30. The van der Waals surface area contributed by atoms with Gasteiger partial charge in [0.25, 0.3) is 0 Å². The van der Waals surface area contributed by atoms with Crippen molar-refractivity contribution >= 4 is 5.82 Å². The number of ether oxygens (including phenoxy) is 1. The highest BCUT2D eigenvalue weighted by Gasteiger charge is 2.03. The molecule has 21 heavy (non-hydrogen) atoms. The van der Waals surface area contributed by atoms with E-state index in [1.165, 1.54) is 5.56 Å². The van der Waals surface area contributed by atoms with Crippen molar-refractivity contribution in [3.05, 3.63) is 60.4 Å². The highest BCUT2D eigenvalue weighted by Crippen LogP contribution is 2.21. The van der Waals surface area contributed by atoms with E-state index in [-0.39, 0.29) is 0 Å². The van der Waals surface area contributed by atoms with Gasteiger partial charge in [-0.25, -0.2) is 4.98 Å². The van der Waals surface area contributed by atoms with Gasteiger partial charge in [-0.3, -0.25) is 5.10 Å². The first kappa shape index (κ1) is 13.2. The summed E-state index contributed by atoms with van der Waals surface area (Å²) in [5, 5.41) is 10.2. The highest BCUT2D eigenvalue weighted by molar-refractivity contribution is 5.59. The summed E-state index contributed by atoms with van der Waals surface area (Å²) in [5.74, 6) is 1.49. The van der Waals surface area contributed by atoms with E-state index in [1.54, 1.807) is 19.5 Å². The number of hydrogen-bond donors (Lipinski definition) is 2. The summed E-state index contributed by atoms with van der Waals surface area (Å²) in [7, 11) is 1.64. The van der Waals surface area contributed by atoms with E-state index in [9.17, 15) is 0 Å². The number of rotatable bonds is 5. The van der Waals surface area contributed by atoms with Crippen LogP contribution in [0.5, 0.6) is 5.75 Å². The zero-order chi connectivity index (χ0) is 14.5. The summed E-state index contributed by atoms with van der Waals surface area (Å²) in [6, 6.07) is 14.0. The third-order valence-corrected chi connectivity index (χ3v) is 3.22. The maximum absolute atomic E-state index is 5.27. The molecule has 1 aromatic carbocycles. The standard InChI is InChI=1S/C16H16N4O/c1-21-15-3-2-9-17-16(15)18-11-12-4-6-13(7-5-12)14-8-10-19-20-14/h2-10H,11H2,1H3,(H,17,18)(H,19,20). The van der Waals surface area contributed by atoms with Crippen molar-refractivity contribution in [2.75, 3.05) is 12.4 Å². The molecule has 0 bridgehead atoms. The van der Waals surface area contributed by atoms with Crippen molar-refractivity contribution in [3.63, 3.8) is 0 Å². The normalized spacial score (nSPS) is 10.3. The maximum atomic E-state index is 5.27. The molecule has 0 amide bonds. The van der Waals surface area contributed by atoms with Gasteiger partial charge >= 0.3 is 0 Å². The lowest BCUT2D eigenvalue weighted by Crippen LogP contribution is -2.03. The van der Waals surface area contributed by atoms with E-state index in [4.69, 9.17) is 4.74 Å². The van der Waals surface area contributed by atoms with Crippen LogP contribution in [0.3, 0.4) is 0 Å². The summed E-state index contributed by atoms with van der Waals surface area (Å²) < 4.78 is 5.27. The average molecular weight is 280 g/mol. The van der Waals surface area contributed by atoms with Gasteiger partial charge in [-0.2, -0.15) is 5.10 Å². The molecule has 0 aliphatic heterocycles. The number of nitrogens with one attached hydrogen (secondary N) is 2. The van der Waals surface area contributed by atoms with Gasteiger partial charge in [0.1, 0.15) is 0 Å². The minimum atomic E-state index is 0.691. The summed E-state index contributed by atoms with van der Waals surface area (Å²) in [4.78, 5) is 4.27. The lowest BCUT2D eigenvalue weighted by Gasteiger charge is -2.10. The largest absolute Gasteiger partial charge is 0.493 e. The molecule has 0 atom stereocenters. The smallest absolute Gasteiger partial charge is 0.168 e. The highest BCUT2D eigenvalue weighted by atomic mass is 16.5. The van der Waals surface area contributed by atoms with E-state index < -0.39 is 0 Å². The quantitative estimate of drug-likeness (QED) is 0.754. The van der Waals surface area contributed by atoms with Crippen molar-refractivity contribution in [1.82, 2.24) is 15.2 Å². The monoisotopic (exact) mass is 280 g/mol. The Morgan fingerprint density at radius 3 is 2.67 bits per heavy atom. The predicted molar refractivity (Wildman–Crippen MR) is 82.1 cm³/mol. The van der Waals surface area contributed by atoms with Crippen LogP contribution < -0.4 is 10.1 Å². The number of aromatic nitrogens is 3. The molecule has 2 heterocycles. The van der Waals surface area contributed by atoms with Crippen molar-refractivity contribution in [3.8, 4) is 17.0 Å². The van der Waals surface area contributed by atoms with E-state index in [0.29, 0.717) is 6.54 Å². The van der Waals surface area contributed by atoms with Gasteiger partial charge in [0.15, 0.2) is 11.6 Å². The number of hydrogen-bond acceptors (Lipinski definition) is 4. The van der Waals surface area contributed by atoms with Crippen LogP contribution in [0.15, 0.2) is 54.9 Å². The van der Waals surface area contributed by atoms with Crippen LogP contribution >= 0.6 is 0 Å². The zero-order valence-electron chi connectivity index (χ0n) is 11.7. The van der Waals surface area contributed by atoms with Gasteiger partial charge in [0.2, 0.25) is 0 Å². The Bertz CT molecular complexity index is 693. The first-order chi connectivity index (χ1) is 10.4. The second-order valence-corrected chi connectivity index (χ2v) is 4.58. The molecule has 106 valence electrons. The van der Waals surface area contributed by atoms with Crippen molar-refractivity contribution in [2.24, 2.45) is 0 Å². The fourth-order valence-electron chi connectivity index (χ4n) is 2.09. The van der Waals surface area contributed by atoms with E-state index in [0.717, 1.165) is 22.8 Å². The Kier molecular flexibility index (Phi) is 3.82. The number of methoxy groups -OCH3 is 1. The molecule has 3 rings (SSSR count). The molecule has 3 aromatic rings. The lowest BCUT2D eigenvalue weighted by molar-refractivity contribution is 0.415. The Morgan fingerprint density at radius 1 is 1.10 bits per heavy atom. The molecule has 0 radical (unpaired) electrons. The maximum Gasteiger partial charge on any atom is 0.168 e. The molecule has 2 aromatic heterocycles. The first-order valence-electron chi connectivity index (χ1n) is 6.68. The van der Waals surface area contributed by atoms with E-state index in [2.05, 4.69) is 44.8 Å². The Morgan fingerprint density at radius 2 is 1.95 bits per heavy atom. The SMILES string of the molecule is COc1cccnc1NCc1ccc(-c2ccn[nH]2)cc1. The fraction of sp³-hybridized carbons (Fsp3) is 0.125. The second-order valence-electron chi connectivity index (χ2n) is 4.58. The number of nitrogens with zero attached hydrogens (tertiary/aromatic N) is 2. The van der Waals surface area contributed by atoms with Crippen LogP contribution in [0.1, 0.15) is 5.56 Å². The number of benzene rings is 1. The van der Waals surface area contributed by atoms with Crippen LogP contribution in [0, 0.1) is 0 Å². The van der Waals surface area contributed by atoms with Gasteiger partial charge < -0.3 is 10.1 Å². The third-order valence-electron chi connectivity index (χ3n) is 3.22. The van der Waals surface area contributed by atoms with Gasteiger partial charge in [0.05, 0.1) is 12.8 Å². The van der Waals surface area contributed by atoms with Crippen LogP contribution in [-0.4, -0.2) is 22.3 Å². The molecule has 0 spiro atoms. The minimum absolute atomic E-state index is 0.691. The zero-order valence-corrected chi connectivity index (χ0v) is 11.7. The Hall–Kier alpha value is -2.82. The lowest BCUT2D eigenvalue weighted by atomic mass is 10.1. The van der Waals surface area contributed by atoms with Crippen LogP contribution in [0.25, 0.3) is 11.3 Å². The summed E-state index contributed by atoms with van der Waals surface area (Å²) in [6.07, 6.45) is 3.49. The molecule has 5 heteroatoms. The van der Waals surface area contributed by atoms with Crippen molar-refractivity contribution < 1.29 is 4.74 Å². The topological polar surface area (TPSA) is 62.8 Å². The molecule has 0 aliphatic carbocycles. The van der Waals surface area contributed by atoms with E-state index >= 15 is 0 Å². The minimum Gasteiger partial charge on any atom is -0.493 e. The van der Waals surface area contributed by atoms with Crippen LogP contribution in [0.2, 0.25) is 0 Å². The van der Waals surface area contributed by atoms with E-state index in [1.807, 2.05) is 18.2 Å². The number of anilines is 1. The number of H-pyrrole nitrogens is 1. The van der Waals surface area contributed by atoms with Gasteiger partial charge in [0, 0.05) is 18.9 Å². The number of pyridine rings is 1. The molecule has 0 aliphatic rings. The predicted octanol–water partition coefficient (Wildman–Crippen LogP) is 3.09. The second kappa shape index (κ2) is 6.09. The Labute approximate surface area is 123 Å². The molecular formula is C16H16N4O. The molecule has 2 N–H and O–H groups in total. The summed E-state index contributed by atoms with van der Waals surface area (Å²) >= 11 is 0. The third kappa shape index (κ3) is 3.02. The molecular weight excluding hydrogens is 264 g/mol. The van der Waals surface area contributed by atoms with Gasteiger partial charge in [-0.05, 0) is 29.3 Å². The first-order valence-corrected chi connectivity index (χ1v) is 6.68. The molecule has 0 fully saturated rings. The van der Waals surface area contributed by atoms with Gasteiger partial charge in [-0.1, -0.05) is 24.3 Å². The molecule has 0 unspecified atom stereocenters. The van der Waals surface area contributed by atoms with Crippen LogP contribution in [0.4, 0.5) is 5.82 Å². The summed E-state index contributed by atoms with van der Waals surface area (Å²) in [6.45, 7) is 0.691. The molecule has 0 saturated heterocycles. The van der Waals surface area contributed by atoms with Gasteiger partial charge in [-0.15, -0.1) is 0 Å². The van der Waals surface area contributed by atoms with Crippen molar-refractivity contribution in [1.29, 1.82) is 0 Å². The fourth-order valence-corrected chi connectivity index (χ4v) is 2.09. The molecule has 5 nitrogen and oxygen atoms in total. The number of aromatic amines is 1. The molecule has 0 saturated carbocycles. The van der Waals surface area contributed by atoms with Crippen molar-refractivity contribution in [2.45, 2.75) is 6.54 Å².